The average Bonchev–Trinajstić information content (AvgIpc) is 2.29. The van der Waals surface area contributed by atoms with Crippen LogP contribution in [0.1, 0.15) is 39.5 Å². The molecule has 0 aliphatic carbocycles. The van der Waals surface area contributed by atoms with Crippen molar-refractivity contribution in [3.63, 3.8) is 0 Å². The molecule has 1 heterocycles. The van der Waals surface area contributed by atoms with E-state index in [1.54, 1.807) is 11.8 Å². The Balaban J connectivity index is 2.21. The molecule has 0 aromatic carbocycles. The van der Waals surface area contributed by atoms with Gasteiger partial charge in [0.2, 0.25) is 0 Å². The van der Waals surface area contributed by atoms with Crippen molar-refractivity contribution in [1.82, 2.24) is 4.90 Å². The van der Waals surface area contributed by atoms with Crippen LogP contribution in [-0.4, -0.2) is 41.1 Å². The summed E-state index contributed by atoms with van der Waals surface area (Å²) in [4.78, 5) is 24.3. The molecule has 1 aliphatic rings. The highest BCUT2D eigenvalue weighted by Gasteiger charge is 2.24. The Morgan fingerprint density at radius 1 is 1.35 bits per heavy atom. The normalized spacial score (nSPS) is 16.9. The lowest BCUT2D eigenvalue weighted by molar-refractivity contribution is -0.109. The Labute approximate surface area is 107 Å². The first kappa shape index (κ1) is 14.4. The Morgan fingerprint density at radius 3 is 2.53 bits per heavy atom. The maximum absolute atomic E-state index is 11.6. The number of hydrogen-bond donors (Lipinski definition) is 0. The second-order valence-electron chi connectivity index (χ2n) is 4.26. The lowest BCUT2D eigenvalue weighted by Gasteiger charge is -2.30. The fourth-order valence-corrected chi connectivity index (χ4v) is 2.70. The summed E-state index contributed by atoms with van der Waals surface area (Å²) in [7, 11) is 0. The van der Waals surface area contributed by atoms with Crippen molar-refractivity contribution in [2.24, 2.45) is 0 Å². The first-order valence-corrected chi connectivity index (χ1v) is 7.10. The summed E-state index contributed by atoms with van der Waals surface area (Å²) in [6, 6.07) is 0. The fourth-order valence-electron chi connectivity index (χ4n) is 1.79. The zero-order valence-corrected chi connectivity index (χ0v) is 11.4. The summed E-state index contributed by atoms with van der Waals surface area (Å²) < 4.78 is 5.15. The second kappa shape index (κ2) is 7.58. The molecule has 1 aliphatic heterocycles. The van der Waals surface area contributed by atoms with Gasteiger partial charge in [-0.05, 0) is 19.3 Å². The molecular formula is C12H21NO3S. The van der Waals surface area contributed by atoms with Gasteiger partial charge in [-0.1, -0.05) is 25.1 Å². The van der Waals surface area contributed by atoms with Crippen molar-refractivity contribution in [1.29, 1.82) is 0 Å². The van der Waals surface area contributed by atoms with Gasteiger partial charge in [0.05, 0.1) is 6.61 Å². The lowest BCUT2D eigenvalue weighted by Crippen LogP contribution is -2.39. The quantitative estimate of drug-likeness (QED) is 0.728. The molecule has 98 valence electrons. The summed E-state index contributed by atoms with van der Waals surface area (Å²) in [6.45, 7) is 5.58. The zero-order valence-electron chi connectivity index (χ0n) is 10.6. The van der Waals surface area contributed by atoms with Crippen LogP contribution in [-0.2, 0) is 9.53 Å². The molecule has 1 saturated heterocycles. The van der Waals surface area contributed by atoms with Gasteiger partial charge in [0, 0.05) is 25.3 Å². The van der Waals surface area contributed by atoms with Crippen molar-refractivity contribution in [2.75, 3.05) is 19.7 Å². The van der Waals surface area contributed by atoms with Crippen LogP contribution in [0, 0.1) is 0 Å². The van der Waals surface area contributed by atoms with Crippen molar-refractivity contribution in [3.05, 3.63) is 0 Å². The van der Waals surface area contributed by atoms with Crippen LogP contribution in [0.3, 0.4) is 0 Å². The highest BCUT2D eigenvalue weighted by atomic mass is 32.2. The van der Waals surface area contributed by atoms with Crippen LogP contribution in [0.15, 0.2) is 0 Å². The Bertz CT molecular complexity index is 262. The Morgan fingerprint density at radius 2 is 2.00 bits per heavy atom. The SMILES string of the molecule is CCCCOC(=O)N1CCC(SC(C)=O)CC1. The van der Waals surface area contributed by atoms with E-state index in [0.717, 1.165) is 25.7 Å². The molecule has 4 nitrogen and oxygen atoms in total. The molecule has 17 heavy (non-hydrogen) atoms. The molecule has 0 atom stereocenters. The summed E-state index contributed by atoms with van der Waals surface area (Å²) in [6.07, 6.45) is 3.51. The largest absolute Gasteiger partial charge is 0.449 e. The van der Waals surface area contributed by atoms with Crippen molar-refractivity contribution in [3.8, 4) is 0 Å². The van der Waals surface area contributed by atoms with Gasteiger partial charge >= 0.3 is 6.09 Å². The first-order valence-electron chi connectivity index (χ1n) is 6.22. The monoisotopic (exact) mass is 259 g/mol. The van der Waals surface area contributed by atoms with Crippen LogP contribution in [0.4, 0.5) is 4.79 Å². The van der Waals surface area contributed by atoms with Gasteiger partial charge in [0.1, 0.15) is 0 Å². The smallest absolute Gasteiger partial charge is 0.409 e. The fraction of sp³-hybridized carbons (Fsp3) is 0.833. The Hall–Kier alpha value is -0.710. The van der Waals surface area contributed by atoms with E-state index in [2.05, 4.69) is 6.92 Å². The minimum atomic E-state index is -0.204. The van der Waals surface area contributed by atoms with Gasteiger partial charge in [0.15, 0.2) is 5.12 Å². The van der Waals surface area contributed by atoms with Gasteiger partial charge in [0.25, 0.3) is 0 Å². The molecule has 0 aromatic heterocycles. The molecule has 0 bridgehead atoms. The molecule has 0 spiro atoms. The minimum absolute atomic E-state index is 0.161. The third-order valence-electron chi connectivity index (χ3n) is 2.76. The van der Waals surface area contributed by atoms with E-state index in [1.165, 1.54) is 11.8 Å². The van der Waals surface area contributed by atoms with E-state index < -0.39 is 0 Å². The number of carbonyl (C=O) groups excluding carboxylic acids is 2. The number of amides is 1. The van der Waals surface area contributed by atoms with Crippen molar-refractivity contribution in [2.45, 2.75) is 44.8 Å². The summed E-state index contributed by atoms with van der Waals surface area (Å²) >= 11 is 1.39. The van der Waals surface area contributed by atoms with Gasteiger partial charge < -0.3 is 9.64 Å². The number of rotatable bonds is 4. The molecule has 0 aromatic rings. The topological polar surface area (TPSA) is 46.6 Å². The van der Waals surface area contributed by atoms with Gasteiger partial charge in [-0.3, -0.25) is 4.79 Å². The summed E-state index contributed by atoms with van der Waals surface area (Å²) in [5.41, 5.74) is 0. The van der Waals surface area contributed by atoms with Crippen LogP contribution in [0.2, 0.25) is 0 Å². The summed E-state index contributed by atoms with van der Waals surface area (Å²) in [5, 5.41) is 0.529. The number of nitrogens with zero attached hydrogens (tertiary/aromatic N) is 1. The van der Waals surface area contributed by atoms with E-state index in [1.807, 2.05) is 0 Å². The molecule has 0 N–H and O–H groups in total. The van der Waals surface area contributed by atoms with Gasteiger partial charge in [-0.25, -0.2) is 4.79 Å². The highest BCUT2D eigenvalue weighted by molar-refractivity contribution is 8.14. The Kier molecular flexibility index (Phi) is 6.40. The molecule has 0 radical (unpaired) electrons. The molecular weight excluding hydrogens is 238 g/mol. The maximum atomic E-state index is 11.6. The third kappa shape index (κ3) is 5.44. The molecule has 1 amide bonds. The molecule has 5 heteroatoms. The van der Waals surface area contributed by atoms with Crippen LogP contribution in [0.5, 0.6) is 0 Å². The molecule has 0 saturated carbocycles. The second-order valence-corrected chi connectivity index (χ2v) is 5.74. The van der Waals surface area contributed by atoms with Gasteiger partial charge in [-0.2, -0.15) is 0 Å². The van der Waals surface area contributed by atoms with E-state index in [9.17, 15) is 9.59 Å². The van der Waals surface area contributed by atoms with Gasteiger partial charge in [-0.15, -0.1) is 0 Å². The number of thioether (sulfide) groups is 1. The average molecular weight is 259 g/mol. The summed E-state index contributed by atoms with van der Waals surface area (Å²) in [5.74, 6) is 0. The molecule has 0 unspecified atom stereocenters. The number of piperidine rings is 1. The van der Waals surface area contributed by atoms with Crippen molar-refractivity contribution >= 4 is 23.0 Å². The van der Waals surface area contributed by atoms with Crippen LogP contribution < -0.4 is 0 Å². The number of ether oxygens (including phenoxy) is 1. The minimum Gasteiger partial charge on any atom is -0.449 e. The first-order chi connectivity index (χ1) is 8.13. The predicted molar refractivity (Wildman–Crippen MR) is 69.1 cm³/mol. The van der Waals surface area contributed by atoms with Crippen molar-refractivity contribution < 1.29 is 14.3 Å². The maximum Gasteiger partial charge on any atom is 0.409 e. The zero-order chi connectivity index (χ0) is 12.7. The predicted octanol–water partition coefficient (Wildman–Crippen LogP) is 2.67. The number of likely N-dealkylation sites (tertiary alicyclic amines) is 1. The number of unbranched alkanes of at least 4 members (excludes halogenated alkanes) is 1. The number of carbonyl (C=O) groups is 2. The van der Waals surface area contributed by atoms with E-state index in [-0.39, 0.29) is 11.2 Å². The van der Waals surface area contributed by atoms with E-state index in [4.69, 9.17) is 4.74 Å². The highest BCUT2D eigenvalue weighted by Crippen LogP contribution is 2.24. The molecule has 1 rings (SSSR count). The standard InChI is InChI=1S/C12H21NO3S/c1-3-4-9-16-12(15)13-7-5-11(6-8-13)17-10(2)14/h11H,3-9H2,1-2H3. The van der Waals surface area contributed by atoms with E-state index in [0.29, 0.717) is 24.9 Å². The number of hydrogen-bond acceptors (Lipinski definition) is 4. The van der Waals surface area contributed by atoms with E-state index >= 15 is 0 Å². The third-order valence-corrected chi connectivity index (χ3v) is 3.89. The molecule has 1 fully saturated rings. The van der Waals surface area contributed by atoms with Crippen LogP contribution >= 0.6 is 11.8 Å². The van der Waals surface area contributed by atoms with Crippen LogP contribution in [0.25, 0.3) is 0 Å². The lowest BCUT2D eigenvalue weighted by atomic mass is 10.1.